The molecule has 1 N–H and O–H groups in total. The molecular weight excluding hydrogens is 310 g/mol. The Labute approximate surface area is 142 Å². The SMILES string of the molecule is CCOc1ccc(C2CN(C(=O)OC(C)(C)C)CC2C(=O)O)cc1. The summed E-state index contributed by atoms with van der Waals surface area (Å²) in [6, 6.07) is 7.39. The summed E-state index contributed by atoms with van der Waals surface area (Å²) in [6.45, 7) is 8.34. The van der Waals surface area contributed by atoms with Crippen molar-refractivity contribution in [2.45, 2.75) is 39.2 Å². The Hall–Kier alpha value is -2.24. The number of hydrogen-bond acceptors (Lipinski definition) is 4. The fourth-order valence-electron chi connectivity index (χ4n) is 2.85. The van der Waals surface area contributed by atoms with Crippen LogP contribution in [-0.2, 0) is 9.53 Å². The van der Waals surface area contributed by atoms with E-state index in [1.165, 1.54) is 4.90 Å². The molecule has 2 unspecified atom stereocenters. The van der Waals surface area contributed by atoms with Crippen LogP contribution in [0.1, 0.15) is 39.2 Å². The smallest absolute Gasteiger partial charge is 0.410 e. The molecule has 1 aromatic rings. The van der Waals surface area contributed by atoms with Gasteiger partial charge in [-0.2, -0.15) is 0 Å². The summed E-state index contributed by atoms with van der Waals surface area (Å²) in [7, 11) is 0. The van der Waals surface area contributed by atoms with Crippen molar-refractivity contribution < 1.29 is 24.2 Å². The molecule has 6 heteroatoms. The van der Waals surface area contributed by atoms with Gasteiger partial charge in [-0.25, -0.2) is 4.79 Å². The van der Waals surface area contributed by atoms with Gasteiger partial charge in [0.1, 0.15) is 11.4 Å². The van der Waals surface area contributed by atoms with Crippen LogP contribution in [0, 0.1) is 5.92 Å². The molecule has 1 saturated heterocycles. The van der Waals surface area contributed by atoms with Crippen LogP contribution in [0.15, 0.2) is 24.3 Å². The third-order valence-electron chi connectivity index (χ3n) is 3.91. The quantitative estimate of drug-likeness (QED) is 0.915. The lowest BCUT2D eigenvalue weighted by molar-refractivity contribution is -0.141. The Morgan fingerprint density at radius 1 is 1.21 bits per heavy atom. The molecule has 1 amide bonds. The molecule has 1 aliphatic heterocycles. The average molecular weight is 335 g/mol. The highest BCUT2D eigenvalue weighted by molar-refractivity contribution is 5.76. The van der Waals surface area contributed by atoms with E-state index in [0.717, 1.165) is 11.3 Å². The molecule has 0 aliphatic carbocycles. The fraction of sp³-hybridized carbons (Fsp3) is 0.556. The molecule has 1 aliphatic rings. The Bertz CT molecular complexity index is 590. The lowest BCUT2D eigenvalue weighted by atomic mass is 9.89. The fourth-order valence-corrected chi connectivity index (χ4v) is 2.85. The summed E-state index contributed by atoms with van der Waals surface area (Å²) in [4.78, 5) is 25.3. The predicted octanol–water partition coefficient (Wildman–Crippen LogP) is 3.12. The number of carboxylic acid groups (broad SMARTS) is 1. The Kier molecular flexibility index (Phi) is 5.36. The summed E-state index contributed by atoms with van der Waals surface area (Å²) >= 11 is 0. The standard InChI is InChI=1S/C18H25NO5/c1-5-23-13-8-6-12(7-9-13)14-10-19(11-15(14)16(20)21)17(22)24-18(2,3)4/h6-9,14-15H,5,10-11H2,1-4H3,(H,20,21). The number of hydrogen-bond donors (Lipinski definition) is 1. The molecule has 132 valence electrons. The number of benzene rings is 1. The zero-order chi connectivity index (χ0) is 17.9. The van der Waals surface area contributed by atoms with Crippen molar-refractivity contribution in [3.05, 3.63) is 29.8 Å². The first-order chi connectivity index (χ1) is 11.2. The lowest BCUT2D eigenvalue weighted by Gasteiger charge is -2.24. The van der Waals surface area contributed by atoms with Crippen molar-refractivity contribution in [2.24, 2.45) is 5.92 Å². The normalized spacial score (nSPS) is 20.8. The van der Waals surface area contributed by atoms with Gasteiger partial charge in [-0.1, -0.05) is 12.1 Å². The van der Waals surface area contributed by atoms with Gasteiger partial charge in [0.05, 0.1) is 12.5 Å². The Balaban J connectivity index is 2.15. The molecular formula is C18H25NO5. The second-order valence-electron chi connectivity index (χ2n) is 6.94. The molecule has 1 aromatic carbocycles. The van der Waals surface area contributed by atoms with Crippen LogP contribution in [0.2, 0.25) is 0 Å². The molecule has 2 rings (SSSR count). The van der Waals surface area contributed by atoms with Gasteiger partial charge in [0, 0.05) is 19.0 Å². The molecule has 0 saturated carbocycles. The predicted molar refractivity (Wildman–Crippen MR) is 89.3 cm³/mol. The maximum absolute atomic E-state index is 12.2. The number of carbonyl (C=O) groups is 2. The topological polar surface area (TPSA) is 76.1 Å². The summed E-state index contributed by atoms with van der Waals surface area (Å²) in [5.41, 5.74) is 0.282. The number of aliphatic carboxylic acids is 1. The van der Waals surface area contributed by atoms with Crippen LogP contribution in [0.25, 0.3) is 0 Å². The molecule has 0 bridgehead atoms. The molecule has 6 nitrogen and oxygen atoms in total. The number of carbonyl (C=O) groups excluding carboxylic acids is 1. The molecule has 1 heterocycles. The lowest BCUT2D eigenvalue weighted by Crippen LogP contribution is -2.35. The van der Waals surface area contributed by atoms with Gasteiger partial charge in [0.2, 0.25) is 0 Å². The van der Waals surface area contributed by atoms with Gasteiger partial charge in [0.15, 0.2) is 0 Å². The van der Waals surface area contributed by atoms with Crippen molar-refractivity contribution in [2.75, 3.05) is 19.7 Å². The highest BCUT2D eigenvalue weighted by atomic mass is 16.6. The van der Waals surface area contributed by atoms with E-state index in [-0.39, 0.29) is 12.5 Å². The Morgan fingerprint density at radius 3 is 2.33 bits per heavy atom. The number of nitrogens with zero attached hydrogens (tertiary/aromatic N) is 1. The minimum Gasteiger partial charge on any atom is -0.494 e. The maximum Gasteiger partial charge on any atom is 0.410 e. The summed E-state index contributed by atoms with van der Waals surface area (Å²) in [5, 5.41) is 9.51. The average Bonchev–Trinajstić information content (AvgIpc) is 2.92. The third-order valence-corrected chi connectivity index (χ3v) is 3.91. The van der Waals surface area contributed by atoms with Crippen molar-refractivity contribution >= 4 is 12.1 Å². The monoisotopic (exact) mass is 335 g/mol. The van der Waals surface area contributed by atoms with Crippen molar-refractivity contribution in [3.63, 3.8) is 0 Å². The van der Waals surface area contributed by atoms with E-state index in [2.05, 4.69) is 0 Å². The van der Waals surface area contributed by atoms with E-state index >= 15 is 0 Å². The van der Waals surface area contributed by atoms with Crippen molar-refractivity contribution in [1.29, 1.82) is 0 Å². The number of amides is 1. The van der Waals surface area contributed by atoms with Crippen molar-refractivity contribution in [3.8, 4) is 5.75 Å². The number of ether oxygens (including phenoxy) is 2. The summed E-state index contributed by atoms with van der Waals surface area (Å²) in [6.07, 6.45) is -0.470. The van der Waals surface area contributed by atoms with Gasteiger partial charge in [0.25, 0.3) is 0 Å². The van der Waals surface area contributed by atoms with Gasteiger partial charge < -0.3 is 19.5 Å². The number of rotatable bonds is 4. The maximum atomic E-state index is 12.2. The van der Waals surface area contributed by atoms with E-state index in [0.29, 0.717) is 13.2 Å². The summed E-state index contributed by atoms with van der Waals surface area (Å²) in [5.74, 6) is -1.06. The third kappa shape index (κ3) is 4.40. The Morgan fingerprint density at radius 2 is 1.83 bits per heavy atom. The molecule has 1 fully saturated rings. The van der Waals surface area contributed by atoms with Crippen LogP contribution < -0.4 is 4.74 Å². The second kappa shape index (κ2) is 7.11. The minimum absolute atomic E-state index is 0.155. The van der Waals surface area contributed by atoms with Crippen LogP contribution in [0.5, 0.6) is 5.75 Å². The van der Waals surface area contributed by atoms with Crippen LogP contribution in [-0.4, -0.2) is 47.4 Å². The van der Waals surface area contributed by atoms with Gasteiger partial charge in [-0.05, 0) is 45.4 Å². The van der Waals surface area contributed by atoms with E-state index in [4.69, 9.17) is 9.47 Å². The van der Waals surface area contributed by atoms with Gasteiger partial charge in [-0.3, -0.25) is 4.79 Å². The first-order valence-electron chi connectivity index (χ1n) is 8.14. The second-order valence-corrected chi connectivity index (χ2v) is 6.94. The van der Waals surface area contributed by atoms with Crippen LogP contribution >= 0.6 is 0 Å². The highest BCUT2D eigenvalue weighted by Crippen LogP contribution is 2.34. The first kappa shape index (κ1) is 18.1. The number of likely N-dealkylation sites (tertiary alicyclic amines) is 1. The molecule has 24 heavy (non-hydrogen) atoms. The largest absolute Gasteiger partial charge is 0.494 e. The number of carboxylic acids is 1. The molecule has 2 atom stereocenters. The van der Waals surface area contributed by atoms with Gasteiger partial charge in [-0.15, -0.1) is 0 Å². The molecule has 0 spiro atoms. The van der Waals surface area contributed by atoms with Crippen molar-refractivity contribution in [1.82, 2.24) is 4.90 Å². The zero-order valence-electron chi connectivity index (χ0n) is 14.6. The van der Waals surface area contributed by atoms with E-state index < -0.39 is 23.6 Å². The van der Waals surface area contributed by atoms with E-state index in [9.17, 15) is 14.7 Å². The minimum atomic E-state index is -0.903. The van der Waals surface area contributed by atoms with E-state index in [1.54, 1.807) is 20.8 Å². The molecule has 0 radical (unpaired) electrons. The zero-order valence-corrected chi connectivity index (χ0v) is 14.6. The van der Waals surface area contributed by atoms with Crippen LogP contribution in [0.3, 0.4) is 0 Å². The first-order valence-corrected chi connectivity index (χ1v) is 8.14. The van der Waals surface area contributed by atoms with Gasteiger partial charge >= 0.3 is 12.1 Å². The highest BCUT2D eigenvalue weighted by Gasteiger charge is 2.41. The summed E-state index contributed by atoms with van der Waals surface area (Å²) < 4.78 is 10.8. The van der Waals surface area contributed by atoms with E-state index in [1.807, 2.05) is 31.2 Å². The van der Waals surface area contributed by atoms with Crippen LogP contribution in [0.4, 0.5) is 4.79 Å². The molecule has 0 aromatic heterocycles.